The molecule has 0 saturated carbocycles. The Balaban J connectivity index is 1.04. The normalized spacial score (nSPS) is 16.7. The number of halogens is 1. The van der Waals surface area contributed by atoms with Gasteiger partial charge < -0.3 is 18.6 Å². The van der Waals surface area contributed by atoms with E-state index < -0.39 is 0 Å². The van der Waals surface area contributed by atoms with Crippen molar-refractivity contribution < 1.29 is 4.42 Å². The molecule has 5 heteroatoms. The average molecular weight is 824 g/mol. The summed E-state index contributed by atoms with van der Waals surface area (Å²) >= 11 is 2.52. The van der Waals surface area contributed by atoms with E-state index in [9.17, 15) is 0 Å². The molecule has 0 fully saturated rings. The van der Waals surface area contributed by atoms with Gasteiger partial charge in [0.1, 0.15) is 11.2 Å². The second kappa shape index (κ2) is 11.0. The minimum Gasteiger partial charge on any atom is -0.456 e. The van der Waals surface area contributed by atoms with Crippen molar-refractivity contribution in [3.05, 3.63) is 154 Å². The Kier molecular flexibility index (Phi) is 6.38. The number of benzene rings is 7. The number of para-hydroxylation sites is 2. The number of hydrogen-bond acceptors (Lipinski definition) is 3. The van der Waals surface area contributed by atoms with Crippen LogP contribution in [-0.2, 0) is 11.8 Å². The van der Waals surface area contributed by atoms with Crippen molar-refractivity contribution in [3.8, 4) is 0 Å². The molecule has 2 atom stereocenters. The number of fused-ring (bicyclic) bond motifs is 14. The zero-order chi connectivity index (χ0) is 36.9. The minimum absolute atomic E-state index is 0.0930. The van der Waals surface area contributed by atoms with Crippen LogP contribution in [0.1, 0.15) is 50.3 Å². The Morgan fingerprint density at radius 1 is 0.618 bits per heavy atom. The van der Waals surface area contributed by atoms with Gasteiger partial charge in [-0.2, -0.15) is 0 Å². The van der Waals surface area contributed by atoms with Gasteiger partial charge in [0.25, 0.3) is 0 Å². The molecule has 266 valence electrons. The van der Waals surface area contributed by atoms with Crippen molar-refractivity contribution in [2.24, 2.45) is 0 Å². The highest BCUT2D eigenvalue weighted by Gasteiger charge is 2.43. The molecule has 0 aliphatic carbocycles. The molecule has 4 nitrogen and oxygen atoms in total. The Hall–Kier alpha value is -5.53. The standard InChI is InChI=1S/C50H38IN3O/c1-28-35-17-15-34(52(32-10-6-5-7-11-32)33-16-19-48-39(25-33)36-12-8-9-13-47(36)55-48)26-46(35)53-43(28)20-29-21-45-38(27-44(29)53)41-24-31(51)23-40-37-22-30(50(2,3)4)14-18-42(37)54(45)49(40)41/h5-19,21-28,43H,20H2,1-4H3. The fourth-order valence-corrected chi connectivity index (χ4v) is 10.6. The van der Waals surface area contributed by atoms with Crippen molar-refractivity contribution >= 4 is 111 Å². The summed E-state index contributed by atoms with van der Waals surface area (Å²) in [6.45, 7) is 9.34. The van der Waals surface area contributed by atoms with E-state index in [4.69, 9.17) is 4.42 Å². The summed E-state index contributed by atoms with van der Waals surface area (Å²) in [5.74, 6) is 0.410. The van der Waals surface area contributed by atoms with Crippen LogP contribution in [0.25, 0.3) is 60.0 Å². The molecule has 12 rings (SSSR count). The molecular weight excluding hydrogens is 785 g/mol. The van der Waals surface area contributed by atoms with Crippen LogP contribution in [0.15, 0.2) is 138 Å². The van der Waals surface area contributed by atoms with Gasteiger partial charge in [0, 0.05) is 76.3 Å². The number of nitrogens with zero attached hydrogens (tertiary/aromatic N) is 3. The highest BCUT2D eigenvalue weighted by Crippen LogP contribution is 2.55. The topological polar surface area (TPSA) is 24.0 Å². The molecule has 10 aromatic rings. The second-order valence-corrected chi connectivity index (χ2v) is 18.0. The molecule has 2 aliphatic heterocycles. The molecule has 0 N–H and O–H groups in total. The lowest BCUT2D eigenvalue weighted by Gasteiger charge is -2.27. The Bertz CT molecular complexity index is 3220. The lowest BCUT2D eigenvalue weighted by molar-refractivity contribution is 0.591. The molecule has 3 aromatic heterocycles. The van der Waals surface area contributed by atoms with Crippen molar-refractivity contribution in [3.63, 3.8) is 0 Å². The summed E-state index contributed by atoms with van der Waals surface area (Å²) in [5, 5.41) is 7.65. The van der Waals surface area contributed by atoms with Gasteiger partial charge in [-0.25, -0.2) is 0 Å². The van der Waals surface area contributed by atoms with E-state index in [1.807, 2.05) is 6.07 Å². The third-order valence-electron chi connectivity index (χ3n) is 12.7. The summed E-state index contributed by atoms with van der Waals surface area (Å²) in [5.41, 5.74) is 16.2. The summed E-state index contributed by atoms with van der Waals surface area (Å²) < 4.78 is 10.1. The lowest BCUT2D eigenvalue weighted by Crippen LogP contribution is -2.25. The Labute approximate surface area is 333 Å². The number of aromatic nitrogens is 1. The van der Waals surface area contributed by atoms with E-state index in [2.05, 4.69) is 192 Å². The van der Waals surface area contributed by atoms with Crippen LogP contribution in [0.2, 0.25) is 0 Å². The van der Waals surface area contributed by atoms with Gasteiger partial charge in [-0.15, -0.1) is 0 Å². The van der Waals surface area contributed by atoms with Crippen LogP contribution in [0, 0.1) is 3.57 Å². The molecule has 55 heavy (non-hydrogen) atoms. The molecular formula is C50H38IN3O. The van der Waals surface area contributed by atoms with E-state index in [-0.39, 0.29) is 5.41 Å². The smallest absolute Gasteiger partial charge is 0.135 e. The van der Waals surface area contributed by atoms with E-state index in [0.717, 1.165) is 45.4 Å². The van der Waals surface area contributed by atoms with Crippen LogP contribution in [0.4, 0.5) is 28.4 Å². The molecule has 0 spiro atoms. The van der Waals surface area contributed by atoms with Gasteiger partial charge >= 0.3 is 0 Å². The van der Waals surface area contributed by atoms with E-state index in [1.54, 1.807) is 0 Å². The molecule has 5 heterocycles. The van der Waals surface area contributed by atoms with Gasteiger partial charge in [0.05, 0.1) is 16.6 Å². The first kappa shape index (κ1) is 31.8. The fraction of sp³-hybridized carbons (Fsp3) is 0.160. The Morgan fingerprint density at radius 2 is 1.35 bits per heavy atom. The first-order valence-electron chi connectivity index (χ1n) is 19.4. The first-order valence-corrected chi connectivity index (χ1v) is 20.4. The molecule has 0 saturated heterocycles. The predicted octanol–water partition coefficient (Wildman–Crippen LogP) is 14.3. The lowest BCUT2D eigenvalue weighted by atomic mass is 9.86. The van der Waals surface area contributed by atoms with Crippen molar-refractivity contribution in [2.75, 3.05) is 9.80 Å². The summed E-state index contributed by atoms with van der Waals surface area (Å²) in [6, 6.07) is 50.1. The van der Waals surface area contributed by atoms with Crippen molar-refractivity contribution in [2.45, 2.75) is 51.5 Å². The minimum atomic E-state index is 0.0930. The van der Waals surface area contributed by atoms with E-state index in [0.29, 0.717) is 12.0 Å². The maximum atomic E-state index is 6.23. The molecule has 0 radical (unpaired) electrons. The first-order chi connectivity index (χ1) is 26.7. The van der Waals surface area contributed by atoms with Crippen molar-refractivity contribution in [1.29, 1.82) is 0 Å². The van der Waals surface area contributed by atoms with Crippen molar-refractivity contribution in [1.82, 2.24) is 4.40 Å². The Morgan fingerprint density at radius 3 is 2.16 bits per heavy atom. The monoisotopic (exact) mass is 823 g/mol. The third-order valence-corrected chi connectivity index (χ3v) is 13.3. The van der Waals surface area contributed by atoms with Crippen LogP contribution < -0.4 is 9.80 Å². The predicted molar refractivity (Wildman–Crippen MR) is 239 cm³/mol. The zero-order valence-electron chi connectivity index (χ0n) is 31.2. The summed E-state index contributed by atoms with van der Waals surface area (Å²) in [6.07, 6.45) is 1.03. The maximum Gasteiger partial charge on any atom is 0.135 e. The van der Waals surface area contributed by atoms with Crippen LogP contribution >= 0.6 is 22.6 Å². The molecule has 0 bridgehead atoms. The average Bonchev–Trinajstić information content (AvgIpc) is 3.97. The number of hydrogen-bond donors (Lipinski definition) is 0. The summed E-state index contributed by atoms with van der Waals surface area (Å²) in [7, 11) is 0. The van der Waals surface area contributed by atoms with Gasteiger partial charge in [-0.05, 0) is 136 Å². The van der Waals surface area contributed by atoms with Gasteiger partial charge in [-0.1, -0.05) is 76.2 Å². The molecule has 7 aromatic carbocycles. The fourth-order valence-electron chi connectivity index (χ4n) is 10.00. The number of rotatable bonds is 3. The van der Waals surface area contributed by atoms with E-state index in [1.165, 1.54) is 69.7 Å². The van der Waals surface area contributed by atoms with Gasteiger partial charge in [0.2, 0.25) is 0 Å². The highest BCUT2D eigenvalue weighted by molar-refractivity contribution is 14.1. The molecule has 2 aliphatic rings. The van der Waals surface area contributed by atoms with Gasteiger partial charge in [0.15, 0.2) is 0 Å². The van der Waals surface area contributed by atoms with Crippen LogP contribution in [-0.4, -0.2) is 10.4 Å². The number of furan rings is 1. The van der Waals surface area contributed by atoms with Crippen LogP contribution in [0.3, 0.4) is 0 Å². The largest absolute Gasteiger partial charge is 0.456 e. The van der Waals surface area contributed by atoms with E-state index >= 15 is 0 Å². The zero-order valence-corrected chi connectivity index (χ0v) is 33.3. The molecule has 2 unspecified atom stereocenters. The molecule has 0 amide bonds. The van der Waals surface area contributed by atoms with Crippen LogP contribution in [0.5, 0.6) is 0 Å². The quantitative estimate of drug-likeness (QED) is 0.166. The van der Waals surface area contributed by atoms with Gasteiger partial charge in [-0.3, -0.25) is 0 Å². The number of anilines is 5. The summed E-state index contributed by atoms with van der Waals surface area (Å²) in [4.78, 5) is 5.06. The maximum absolute atomic E-state index is 6.23. The third kappa shape index (κ3) is 4.39. The highest BCUT2D eigenvalue weighted by atomic mass is 127. The SMILES string of the molecule is CC1c2ccc(N(c3ccccc3)c3ccc4oc5ccccc5c4c3)cc2N2c3cc4c5cc(I)cc6c7cc(C(C)(C)C)ccc7n(c4cc3CC12)c65. The second-order valence-electron chi connectivity index (χ2n) is 16.8.